The number of aliphatic imine (C=N–C) groups is 1. The van der Waals surface area contributed by atoms with Gasteiger partial charge >= 0.3 is 0 Å². The molecule has 0 bridgehead atoms. The van der Waals surface area contributed by atoms with E-state index < -0.39 is 5.72 Å². The fourth-order valence-corrected chi connectivity index (χ4v) is 6.64. The van der Waals surface area contributed by atoms with Crippen LogP contribution >= 0.6 is 0 Å². The summed E-state index contributed by atoms with van der Waals surface area (Å²) in [5, 5.41) is 2.42. The van der Waals surface area contributed by atoms with Crippen molar-refractivity contribution < 1.29 is 4.74 Å². The van der Waals surface area contributed by atoms with Crippen LogP contribution in [0.15, 0.2) is 83.9 Å². The summed E-state index contributed by atoms with van der Waals surface area (Å²) >= 11 is 0. The predicted octanol–water partition coefficient (Wildman–Crippen LogP) is 7.72. The van der Waals surface area contributed by atoms with Crippen LogP contribution in [0.4, 0.5) is 17.1 Å². The molecule has 0 N–H and O–H groups in total. The second kappa shape index (κ2) is 8.11. The molecule has 0 saturated carbocycles. The van der Waals surface area contributed by atoms with Crippen LogP contribution in [0.1, 0.15) is 38.7 Å². The Balaban J connectivity index is 1.36. The summed E-state index contributed by atoms with van der Waals surface area (Å²) in [4.78, 5) is 9.95. The van der Waals surface area contributed by atoms with Crippen molar-refractivity contribution in [1.82, 2.24) is 0 Å². The molecule has 1 unspecified atom stereocenters. The van der Waals surface area contributed by atoms with Crippen LogP contribution in [0.25, 0.3) is 21.9 Å². The summed E-state index contributed by atoms with van der Waals surface area (Å²) in [5.74, 6) is 0.873. The van der Waals surface area contributed by atoms with Crippen molar-refractivity contribution in [2.75, 3.05) is 29.9 Å². The van der Waals surface area contributed by atoms with Crippen LogP contribution in [0.3, 0.4) is 0 Å². The largest absolute Gasteiger partial charge is 0.459 e. The number of hydrogen-bond donors (Lipinski definition) is 0. The van der Waals surface area contributed by atoms with E-state index in [1.807, 2.05) is 6.21 Å². The van der Waals surface area contributed by atoms with E-state index in [0.717, 1.165) is 29.9 Å². The summed E-state index contributed by atoms with van der Waals surface area (Å²) in [6.07, 6.45) is 5.84. The first-order chi connectivity index (χ1) is 18.0. The smallest absolute Gasteiger partial charge is 0.228 e. The zero-order valence-electron chi connectivity index (χ0n) is 21.9. The van der Waals surface area contributed by atoms with Crippen LogP contribution < -0.4 is 14.5 Å². The maximum atomic E-state index is 7.13. The molecule has 7 rings (SSSR count). The van der Waals surface area contributed by atoms with E-state index in [1.54, 1.807) is 0 Å². The van der Waals surface area contributed by atoms with Gasteiger partial charge in [0.05, 0.1) is 11.6 Å². The molecule has 4 aromatic carbocycles. The fraction of sp³-hybridized carbons (Fsp3) is 0.303. The number of rotatable bonds is 2. The highest BCUT2D eigenvalue weighted by molar-refractivity contribution is 6.06. The van der Waals surface area contributed by atoms with Crippen molar-refractivity contribution >= 4 is 34.0 Å². The minimum absolute atomic E-state index is 0.319. The monoisotopic (exact) mass is 487 g/mol. The van der Waals surface area contributed by atoms with Crippen molar-refractivity contribution in [1.29, 1.82) is 0 Å². The molecule has 0 radical (unpaired) electrons. The van der Waals surface area contributed by atoms with Crippen LogP contribution in [-0.2, 0) is 5.41 Å². The molecule has 37 heavy (non-hydrogen) atoms. The van der Waals surface area contributed by atoms with Crippen molar-refractivity contribution in [3.8, 4) is 16.9 Å². The van der Waals surface area contributed by atoms with Crippen molar-refractivity contribution in [2.24, 2.45) is 4.99 Å². The minimum atomic E-state index is -0.709. The lowest BCUT2D eigenvalue weighted by atomic mass is 9.77. The minimum Gasteiger partial charge on any atom is -0.459 e. The topological polar surface area (TPSA) is 28.1 Å². The number of ether oxygens (including phenoxy) is 1. The molecule has 4 nitrogen and oxygen atoms in total. The molecule has 0 aromatic heterocycles. The molecule has 1 spiro atoms. The van der Waals surface area contributed by atoms with Gasteiger partial charge in [-0.1, -0.05) is 60.7 Å². The quantitative estimate of drug-likeness (QED) is 0.290. The molecule has 186 valence electrons. The molecule has 3 aliphatic rings. The van der Waals surface area contributed by atoms with Crippen LogP contribution in [-0.4, -0.2) is 32.1 Å². The summed E-state index contributed by atoms with van der Waals surface area (Å²) in [7, 11) is 2.14. The van der Waals surface area contributed by atoms with Gasteiger partial charge < -0.3 is 14.5 Å². The van der Waals surface area contributed by atoms with Gasteiger partial charge in [-0.25, -0.2) is 0 Å². The van der Waals surface area contributed by atoms with E-state index in [9.17, 15) is 0 Å². The molecule has 0 aliphatic carbocycles. The Labute approximate surface area is 219 Å². The van der Waals surface area contributed by atoms with Crippen molar-refractivity contribution in [3.05, 3.63) is 84.4 Å². The van der Waals surface area contributed by atoms with Gasteiger partial charge in [0.25, 0.3) is 0 Å². The maximum Gasteiger partial charge on any atom is 0.228 e. The van der Waals surface area contributed by atoms with Gasteiger partial charge in [0.15, 0.2) is 5.75 Å². The van der Waals surface area contributed by atoms with Gasteiger partial charge in [0.1, 0.15) is 5.69 Å². The van der Waals surface area contributed by atoms with E-state index in [1.165, 1.54) is 52.7 Å². The molecular formula is C33H33N3O. The van der Waals surface area contributed by atoms with Gasteiger partial charge in [0, 0.05) is 48.4 Å². The SMILES string of the molecule is CN1c2ccc(-c3ccccc3)cc2C(C)(C)C12C=Nc1c(cc(N3CCCCC3)c3ccccc13)O2. The second-order valence-electron chi connectivity index (χ2n) is 11.2. The Morgan fingerprint density at radius 1 is 0.757 bits per heavy atom. The number of hydrogen-bond acceptors (Lipinski definition) is 4. The molecule has 1 atom stereocenters. The first-order valence-corrected chi connectivity index (χ1v) is 13.5. The highest BCUT2D eigenvalue weighted by Crippen LogP contribution is 2.55. The number of piperidine rings is 1. The average molecular weight is 488 g/mol. The zero-order chi connectivity index (χ0) is 25.2. The maximum absolute atomic E-state index is 7.13. The lowest BCUT2D eigenvalue weighted by Crippen LogP contribution is -2.61. The van der Waals surface area contributed by atoms with Crippen molar-refractivity contribution in [2.45, 2.75) is 44.2 Å². The highest BCUT2D eigenvalue weighted by Gasteiger charge is 2.58. The Hall–Kier alpha value is -3.79. The third kappa shape index (κ3) is 3.18. The summed E-state index contributed by atoms with van der Waals surface area (Å²) in [5.41, 5.74) is 6.10. The number of fused-ring (bicyclic) bond motifs is 4. The van der Waals surface area contributed by atoms with E-state index in [-0.39, 0.29) is 5.41 Å². The first-order valence-electron chi connectivity index (χ1n) is 13.5. The number of anilines is 2. The van der Waals surface area contributed by atoms with E-state index >= 15 is 0 Å². The number of nitrogens with zero attached hydrogens (tertiary/aromatic N) is 3. The Morgan fingerprint density at radius 2 is 1.49 bits per heavy atom. The van der Waals surface area contributed by atoms with Crippen LogP contribution in [0.2, 0.25) is 0 Å². The summed E-state index contributed by atoms with van der Waals surface area (Å²) < 4.78 is 7.13. The lowest BCUT2D eigenvalue weighted by molar-refractivity contribution is 0.0827. The summed E-state index contributed by atoms with van der Waals surface area (Å²) in [6, 6.07) is 28.3. The van der Waals surface area contributed by atoms with E-state index in [2.05, 4.69) is 110 Å². The van der Waals surface area contributed by atoms with Gasteiger partial charge in [0.2, 0.25) is 5.72 Å². The molecule has 1 fully saturated rings. The van der Waals surface area contributed by atoms with Crippen LogP contribution in [0, 0.1) is 0 Å². The number of benzene rings is 4. The second-order valence-corrected chi connectivity index (χ2v) is 11.2. The number of likely N-dealkylation sites (N-methyl/N-ethyl adjacent to an activating group) is 1. The molecule has 4 heteroatoms. The molecule has 4 aromatic rings. The van der Waals surface area contributed by atoms with Gasteiger partial charge in [-0.3, -0.25) is 4.99 Å². The molecular weight excluding hydrogens is 454 g/mol. The standard InChI is InChI=1S/C33H33N3O/c1-32(2)27-20-24(23-12-6-4-7-13-23)16-17-28(27)35(3)33(32)22-34-31-26-15-9-8-14-25(26)29(21-30(31)37-33)36-18-10-5-11-19-36/h4,6-9,12-17,20-22H,5,10-11,18-19H2,1-3H3. The molecule has 3 aliphatic heterocycles. The zero-order valence-corrected chi connectivity index (χ0v) is 21.9. The summed E-state index contributed by atoms with van der Waals surface area (Å²) in [6.45, 7) is 6.76. The lowest BCUT2D eigenvalue weighted by Gasteiger charge is -2.45. The Kier molecular flexibility index (Phi) is 4.91. The molecule has 0 amide bonds. The van der Waals surface area contributed by atoms with Crippen molar-refractivity contribution in [3.63, 3.8) is 0 Å². The first kappa shape index (κ1) is 22.4. The van der Waals surface area contributed by atoms with Gasteiger partial charge in [-0.05, 0) is 61.9 Å². The Morgan fingerprint density at radius 3 is 2.27 bits per heavy atom. The van der Waals surface area contributed by atoms with E-state index in [4.69, 9.17) is 9.73 Å². The highest BCUT2D eigenvalue weighted by atomic mass is 16.5. The third-order valence-electron chi connectivity index (χ3n) is 8.82. The normalized spacial score (nSPS) is 21.7. The average Bonchev–Trinajstić information content (AvgIpc) is 3.11. The fourth-order valence-electron chi connectivity index (χ4n) is 6.64. The van der Waals surface area contributed by atoms with E-state index in [0.29, 0.717) is 0 Å². The van der Waals surface area contributed by atoms with Gasteiger partial charge in [-0.2, -0.15) is 0 Å². The predicted molar refractivity (Wildman–Crippen MR) is 155 cm³/mol. The molecule has 3 heterocycles. The van der Waals surface area contributed by atoms with Crippen LogP contribution in [0.5, 0.6) is 5.75 Å². The van der Waals surface area contributed by atoms with Gasteiger partial charge in [-0.15, -0.1) is 0 Å². The molecule has 1 saturated heterocycles. The third-order valence-corrected chi connectivity index (χ3v) is 8.82. The Bertz CT molecular complexity index is 1530.